The van der Waals surface area contributed by atoms with E-state index in [9.17, 15) is 0 Å². The van der Waals surface area contributed by atoms with Crippen LogP contribution in [-0.2, 0) is 0 Å². The molecule has 0 aliphatic heterocycles. The Kier molecular flexibility index (Phi) is 4.36. The van der Waals surface area contributed by atoms with Crippen molar-refractivity contribution < 1.29 is 0 Å². The summed E-state index contributed by atoms with van der Waals surface area (Å²) in [6.07, 6.45) is 6.52. The fourth-order valence-corrected chi connectivity index (χ4v) is 2.14. The molecule has 2 N–H and O–H groups in total. The van der Waals surface area contributed by atoms with E-state index in [1.165, 1.54) is 19.3 Å². The first-order valence-corrected chi connectivity index (χ1v) is 6.68. The summed E-state index contributed by atoms with van der Waals surface area (Å²) in [6.45, 7) is 1.64. The van der Waals surface area contributed by atoms with Gasteiger partial charge in [0.2, 0.25) is 0 Å². The van der Waals surface area contributed by atoms with Gasteiger partial charge < -0.3 is 15.5 Å². The molecule has 1 aliphatic carbocycles. The first-order chi connectivity index (χ1) is 8.72. The third-order valence-corrected chi connectivity index (χ3v) is 3.71. The monoisotopic (exact) mass is 249 g/mol. The van der Waals surface area contributed by atoms with Crippen LogP contribution in [0.1, 0.15) is 25.7 Å². The van der Waals surface area contributed by atoms with Gasteiger partial charge in [-0.25, -0.2) is 9.97 Å². The highest BCUT2D eigenvalue weighted by Gasteiger charge is 2.23. The highest BCUT2D eigenvalue weighted by Crippen LogP contribution is 2.27. The van der Waals surface area contributed by atoms with Crippen molar-refractivity contribution in [3.63, 3.8) is 0 Å². The standard InChI is InChI=1S/C13H23N5/c1-17(8-4-7-14)12-9-13(16-10-15-12)18(2)11-5-3-6-11/h9-11H,3-8,14H2,1-2H3. The van der Waals surface area contributed by atoms with Crippen molar-refractivity contribution in [2.45, 2.75) is 31.7 Å². The zero-order chi connectivity index (χ0) is 13.0. The first kappa shape index (κ1) is 13.1. The normalized spacial score (nSPS) is 15.3. The van der Waals surface area contributed by atoms with Crippen molar-refractivity contribution in [3.8, 4) is 0 Å². The van der Waals surface area contributed by atoms with E-state index in [0.717, 1.165) is 24.6 Å². The fourth-order valence-electron chi connectivity index (χ4n) is 2.14. The summed E-state index contributed by atoms with van der Waals surface area (Å²) in [5.74, 6) is 1.99. The number of nitrogens with two attached hydrogens (primary N) is 1. The Morgan fingerprint density at radius 2 is 2.00 bits per heavy atom. The van der Waals surface area contributed by atoms with E-state index in [2.05, 4.69) is 32.9 Å². The molecule has 1 fully saturated rings. The van der Waals surface area contributed by atoms with Crippen LogP contribution in [-0.4, -0.2) is 43.2 Å². The molecular weight excluding hydrogens is 226 g/mol. The molecule has 1 aromatic heterocycles. The molecule has 1 aliphatic rings. The zero-order valence-electron chi connectivity index (χ0n) is 11.3. The predicted octanol–water partition coefficient (Wildman–Crippen LogP) is 1.25. The largest absolute Gasteiger partial charge is 0.359 e. The lowest BCUT2D eigenvalue weighted by Crippen LogP contribution is -2.37. The number of hydrogen-bond acceptors (Lipinski definition) is 5. The smallest absolute Gasteiger partial charge is 0.134 e. The van der Waals surface area contributed by atoms with Gasteiger partial charge in [-0.1, -0.05) is 0 Å². The molecule has 0 radical (unpaired) electrons. The average Bonchev–Trinajstić information content (AvgIpc) is 2.34. The zero-order valence-corrected chi connectivity index (χ0v) is 11.3. The van der Waals surface area contributed by atoms with Gasteiger partial charge in [-0.3, -0.25) is 0 Å². The Morgan fingerprint density at radius 3 is 2.61 bits per heavy atom. The SMILES string of the molecule is CN(CCCN)c1cc(N(C)C2CCC2)ncn1. The third kappa shape index (κ3) is 2.90. The van der Waals surface area contributed by atoms with E-state index in [1.54, 1.807) is 6.33 Å². The molecule has 0 saturated heterocycles. The average molecular weight is 249 g/mol. The molecule has 0 aromatic carbocycles. The Balaban J connectivity index is 2.04. The molecule has 100 valence electrons. The maximum absolute atomic E-state index is 5.53. The van der Waals surface area contributed by atoms with Crippen LogP contribution < -0.4 is 15.5 Å². The molecule has 0 spiro atoms. The molecule has 5 heteroatoms. The molecule has 0 atom stereocenters. The van der Waals surface area contributed by atoms with E-state index >= 15 is 0 Å². The van der Waals surface area contributed by atoms with Crippen LogP contribution >= 0.6 is 0 Å². The van der Waals surface area contributed by atoms with Gasteiger partial charge in [0.05, 0.1) is 0 Å². The van der Waals surface area contributed by atoms with Crippen molar-refractivity contribution in [1.29, 1.82) is 0 Å². The lowest BCUT2D eigenvalue weighted by molar-refractivity contribution is 0.399. The number of nitrogens with zero attached hydrogens (tertiary/aromatic N) is 4. The highest BCUT2D eigenvalue weighted by molar-refractivity contribution is 5.50. The van der Waals surface area contributed by atoms with Gasteiger partial charge in [-0.05, 0) is 32.2 Å². The van der Waals surface area contributed by atoms with Gasteiger partial charge in [-0.15, -0.1) is 0 Å². The second kappa shape index (κ2) is 6.00. The van der Waals surface area contributed by atoms with Gasteiger partial charge in [0, 0.05) is 32.7 Å². The van der Waals surface area contributed by atoms with Gasteiger partial charge >= 0.3 is 0 Å². The van der Waals surface area contributed by atoms with Crippen molar-refractivity contribution in [3.05, 3.63) is 12.4 Å². The van der Waals surface area contributed by atoms with Crippen LogP contribution in [0.25, 0.3) is 0 Å². The van der Waals surface area contributed by atoms with Crippen LogP contribution in [0.15, 0.2) is 12.4 Å². The van der Waals surface area contributed by atoms with Crippen molar-refractivity contribution >= 4 is 11.6 Å². The Morgan fingerprint density at radius 1 is 1.28 bits per heavy atom. The second-order valence-electron chi connectivity index (χ2n) is 4.99. The minimum atomic E-state index is 0.655. The summed E-state index contributed by atoms with van der Waals surface area (Å²) in [5.41, 5.74) is 5.53. The minimum Gasteiger partial charge on any atom is -0.359 e. The topological polar surface area (TPSA) is 58.3 Å². The van der Waals surface area contributed by atoms with Crippen LogP contribution in [0.2, 0.25) is 0 Å². The highest BCUT2D eigenvalue weighted by atomic mass is 15.2. The second-order valence-corrected chi connectivity index (χ2v) is 4.99. The van der Waals surface area contributed by atoms with Crippen LogP contribution in [0.3, 0.4) is 0 Å². The maximum Gasteiger partial charge on any atom is 0.134 e. The minimum absolute atomic E-state index is 0.655. The first-order valence-electron chi connectivity index (χ1n) is 6.68. The van der Waals surface area contributed by atoms with Crippen molar-refractivity contribution in [2.75, 3.05) is 37.0 Å². The Hall–Kier alpha value is -1.36. The van der Waals surface area contributed by atoms with E-state index in [4.69, 9.17) is 5.73 Å². The molecule has 1 saturated carbocycles. The van der Waals surface area contributed by atoms with E-state index < -0.39 is 0 Å². The molecule has 1 aromatic rings. The van der Waals surface area contributed by atoms with Crippen LogP contribution in [0.4, 0.5) is 11.6 Å². The summed E-state index contributed by atoms with van der Waals surface area (Å²) < 4.78 is 0. The molecule has 1 heterocycles. The van der Waals surface area contributed by atoms with Gasteiger partial charge in [-0.2, -0.15) is 0 Å². The van der Waals surface area contributed by atoms with Gasteiger partial charge in [0.25, 0.3) is 0 Å². The molecule has 5 nitrogen and oxygen atoms in total. The summed E-state index contributed by atoms with van der Waals surface area (Å²) in [5, 5.41) is 0. The lowest BCUT2D eigenvalue weighted by atomic mass is 9.92. The maximum atomic E-state index is 5.53. The predicted molar refractivity (Wildman–Crippen MR) is 75.0 cm³/mol. The van der Waals surface area contributed by atoms with E-state index in [0.29, 0.717) is 12.6 Å². The molecule has 0 amide bonds. The summed E-state index contributed by atoms with van der Waals surface area (Å²) >= 11 is 0. The van der Waals surface area contributed by atoms with Crippen molar-refractivity contribution in [1.82, 2.24) is 9.97 Å². The molecule has 18 heavy (non-hydrogen) atoms. The molecule has 0 bridgehead atoms. The summed E-state index contributed by atoms with van der Waals surface area (Å²) in [7, 11) is 4.17. The van der Waals surface area contributed by atoms with Gasteiger partial charge in [0.15, 0.2) is 0 Å². The van der Waals surface area contributed by atoms with Crippen LogP contribution in [0.5, 0.6) is 0 Å². The third-order valence-electron chi connectivity index (χ3n) is 3.71. The fraction of sp³-hybridized carbons (Fsp3) is 0.692. The molecule has 0 unspecified atom stereocenters. The number of hydrogen-bond donors (Lipinski definition) is 1. The Labute approximate surface area is 109 Å². The number of anilines is 2. The lowest BCUT2D eigenvalue weighted by Gasteiger charge is -2.35. The van der Waals surface area contributed by atoms with Crippen molar-refractivity contribution in [2.24, 2.45) is 5.73 Å². The quantitative estimate of drug-likeness (QED) is 0.822. The molecule has 2 rings (SSSR count). The summed E-state index contributed by atoms with van der Waals surface area (Å²) in [4.78, 5) is 13.1. The van der Waals surface area contributed by atoms with Gasteiger partial charge in [0.1, 0.15) is 18.0 Å². The van der Waals surface area contributed by atoms with E-state index in [-0.39, 0.29) is 0 Å². The Bertz CT molecular complexity index is 377. The molecular formula is C13H23N5. The number of rotatable bonds is 6. The number of aromatic nitrogens is 2. The summed E-state index contributed by atoms with van der Waals surface area (Å²) in [6, 6.07) is 2.72. The van der Waals surface area contributed by atoms with Crippen LogP contribution in [0, 0.1) is 0 Å². The van der Waals surface area contributed by atoms with E-state index in [1.807, 2.05) is 7.05 Å².